The van der Waals surface area contributed by atoms with E-state index in [4.69, 9.17) is 14.2 Å². The molecule has 2 amide bonds. The number of amides is 2. The maximum Gasteiger partial charge on any atom is 0.437 e. The summed E-state index contributed by atoms with van der Waals surface area (Å²) in [6, 6.07) is 6.90. The van der Waals surface area contributed by atoms with Gasteiger partial charge >= 0.3 is 12.2 Å². The van der Waals surface area contributed by atoms with E-state index in [-0.39, 0.29) is 28.4 Å². The van der Waals surface area contributed by atoms with E-state index in [9.17, 15) is 27.9 Å². The number of rotatable bonds is 6. The zero-order valence-corrected chi connectivity index (χ0v) is 17.3. The highest BCUT2D eigenvalue weighted by Gasteiger charge is 2.66. The van der Waals surface area contributed by atoms with Crippen molar-refractivity contribution in [3.8, 4) is 17.2 Å². The van der Waals surface area contributed by atoms with Gasteiger partial charge in [-0.25, -0.2) is 4.79 Å². The number of ketones is 1. The average Bonchev–Trinajstić information content (AvgIpc) is 2.76. The summed E-state index contributed by atoms with van der Waals surface area (Å²) in [6.45, 7) is 0. The fraction of sp³-hybridized carbons (Fsp3) is 0.333. The van der Waals surface area contributed by atoms with Crippen LogP contribution in [0.15, 0.2) is 42.5 Å². The molecule has 1 saturated heterocycles. The third-order valence-corrected chi connectivity index (χ3v) is 5.19. The molecule has 0 radical (unpaired) electrons. The van der Waals surface area contributed by atoms with Crippen LogP contribution in [-0.4, -0.2) is 50.2 Å². The Balaban J connectivity index is 2.24. The van der Waals surface area contributed by atoms with Crippen molar-refractivity contribution in [3.05, 3.63) is 53.6 Å². The van der Waals surface area contributed by atoms with Crippen molar-refractivity contribution in [2.75, 3.05) is 21.3 Å². The van der Waals surface area contributed by atoms with E-state index in [0.29, 0.717) is 0 Å². The van der Waals surface area contributed by atoms with Crippen LogP contribution in [0.1, 0.15) is 22.0 Å². The molecule has 0 unspecified atom stereocenters. The number of nitrogens with one attached hydrogen (secondary N) is 2. The summed E-state index contributed by atoms with van der Waals surface area (Å²) in [5.41, 5.74) is -3.88. The lowest BCUT2D eigenvalue weighted by Crippen LogP contribution is -2.72. The molecule has 8 nitrogen and oxygen atoms in total. The Hall–Kier alpha value is -3.47. The third kappa shape index (κ3) is 3.91. The Bertz CT molecular complexity index is 989. The van der Waals surface area contributed by atoms with Crippen molar-refractivity contribution in [1.82, 2.24) is 10.6 Å². The van der Waals surface area contributed by atoms with Crippen LogP contribution in [0.4, 0.5) is 18.0 Å². The predicted octanol–water partition coefficient (Wildman–Crippen LogP) is 2.82. The maximum atomic E-state index is 14.0. The van der Waals surface area contributed by atoms with Gasteiger partial charge in [0.2, 0.25) is 11.5 Å². The van der Waals surface area contributed by atoms with Crippen molar-refractivity contribution < 1.29 is 42.1 Å². The Morgan fingerprint density at radius 1 is 1.03 bits per heavy atom. The molecule has 1 heterocycles. The number of methoxy groups -OCH3 is 3. The molecule has 0 spiro atoms. The molecule has 2 aromatic carbocycles. The molecule has 3 N–H and O–H groups in total. The smallest absolute Gasteiger partial charge is 0.437 e. The van der Waals surface area contributed by atoms with Crippen LogP contribution in [0.25, 0.3) is 0 Å². The molecule has 172 valence electrons. The molecule has 0 saturated carbocycles. The second kappa shape index (κ2) is 8.58. The van der Waals surface area contributed by atoms with Crippen LogP contribution in [0, 0.1) is 5.92 Å². The van der Waals surface area contributed by atoms with Crippen molar-refractivity contribution in [3.63, 3.8) is 0 Å². The molecule has 3 rings (SSSR count). The zero-order valence-electron chi connectivity index (χ0n) is 17.3. The summed E-state index contributed by atoms with van der Waals surface area (Å²) < 4.78 is 57.7. The zero-order chi connectivity index (χ0) is 23.7. The van der Waals surface area contributed by atoms with Gasteiger partial charge in [0.1, 0.15) is 5.92 Å². The van der Waals surface area contributed by atoms with Crippen LogP contribution in [-0.2, 0) is 0 Å². The van der Waals surface area contributed by atoms with Gasteiger partial charge in [-0.15, -0.1) is 0 Å². The van der Waals surface area contributed by atoms with E-state index >= 15 is 0 Å². The molecule has 3 atom stereocenters. The predicted molar refractivity (Wildman–Crippen MR) is 106 cm³/mol. The summed E-state index contributed by atoms with van der Waals surface area (Å²) in [5, 5.41) is 14.5. The van der Waals surface area contributed by atoms with Gasteiger partial charge in [0, 0.05) is 5.56 Å². The van der Waals surface area contributed by atoms with Crippen LogP contribution in [0.5, 0.6) is 17.2 Å². The van der Waals surface area contributed by atoms with Crippen molar-refractivity contribution in [2.24, 2.45) is 5.92 Å². The molecular weight excluding hydrogens is 433 g/mol. The molecule has 1 fully saturated rings. The number of carbonyl (C=O) groups is 2. The molecule has 2 aromatic rings. The van der Waals surface area contributed by atoms with E-state index in [0.717, 1.165) is 0 Å². The molecular formula is C21H21F3N2O6. The number of benzene rings is 2. The molecule has 0 aromatic heterocycles. The van der Waals surface area contributed by atoms with E-state index in [1.807, 2.05) is 0 Å². The van der Waals surface area contributed by atoms with E-state index in [2.05, 4.69) is 5.32 Å². The first kappa shape index (κ1) is 23.2. The minimum absolute atomic E-state index is 0.0336. The largest absolute Gasteiger partial charge is 0.493 e. The quantitative estimate of drug-likeness (QED) is 0.580. The number of aliphatic hydroxyl groups is 1. The summed E-state index contributed by atoms with van der Waals surface area (Å²) in [5.74, 6) is -2.86. The molecule has 32 heavy (non-hydrogen) atoms. The number of urea groups is 1. The second-order valence-electron chi connectivity index (χ2n) is 7.01. The van der Waals surface area contributed by atoms with Crippen LogP contribution >= 0.6 is 0 Å². The first-order valence-corrected chi connectivity index (χ1v) is 9.34. The van der Waals surface area contributed by atoms with Gasteiger partial charge in [-0.3, -0.25) is 4.79 Å². The molecule has 0 aliphatic carbocycles. The van der Waals surface area contributed by atoms with Crippen LogP contribution in [0.3, 0.4) is 0 Å². The fourth-order valence-electron chi connectivity index (χ4n) is 3.68. The van der Waals surface area contributed by atoms with Gasteiger partial charge in [-0.2, -0.15) is 13.2 Å². The SMILES string of the molecule is COc1cc([C@@H]2NC(=O)N[C@](O)(C(F)(F)F)[C@H]2C(=O)c2ccccc2)cc(OC)c1OC. The number of Topliss-reactive ketones (excluding diaryl/α,β-unsaturated/α-hetero) is 1. The first-order chi connectivity index (χ1) is 15.1. The number of alkyl halides is 3. The highest BCUT2D eigenvalue weighted by Crippen LogP contribution is 2.47. The monoisotopic (exact) mass is 454 g/mol. The number of hydrogen-bond acceptors (Lipinski definition) is 6. The van der Waals surface area contributed by atoms with Gasteiger partial charge in [0.05, 0.1) is 27.4 Å². The normalized spacial score (nSPS) is 23.0. The molecule has 0 bridgehead atoms. The Morgan fingerprint density at radius 2 is 1.59 bits per heavy atom. The number of carbonyl (C=O) groups excluding carboxylic acids is 2. The van der Waals surface area contributed by atoms with Gasteiger partial charge in [0.25, 0.3) is 0 Å². The van der Waals surface area contributed by atoms with Crippen molar-refractivity contribution >= 4 is 11.8 Å². The van der Waals surface area contributed by atoms with E-state index in [1.165, 1.54) is 63.0 Å². The molecule has 1 aliphatic rings. The Labute approximate surface area is 181 Å². The second-order valence-corrected chi connectivity index (χ2v) is 7.01. The lowest BCUT2D eigenvalue weighted by atomic mass is 9.77. The lowest BCUT2D eigenvalue weighted by molar-refractivity contribution is -0.287. The number of ether oxygens (including phenoxy) is 3. The summed E-state index contributed by atoms with van der Waals surface area (Å²) in [6.07, 6.45) is -5.36. The number of hydrogen-bond donors (Lipinski definition) is 3. The molecule has 11 heteroatoms. The first-order valence-electron chi connectivity index (χ1n) is 9.34. The third-order valence-electron chi connectivity index (χ3n) is 5.19. The highest BCUT2D eigenvalue weighted by molar-refractivity contribution is 6.00. The number of halogens is 3. The van der Waals surface area contributed by atoms with Crippen molar-refractivity contribution in [1.29, 1.82) is 0 Å². The minimum Gasteiger partial charge on any atom is -0.493 e. The Kier molecular flexibility index (Phi) is 6.22. The topological polar surface area (TPSA) is 106 Å². The fourth-order valence-corrected chi connectivity index (χ4v) is 3.68. The van der Waals surface area contributed by atoms with Gasteiger partial charge in [-0.05, 0) is 17.7 Å². The van der Waals surface area contributed by atoms with Crippen LogP contribution in [0.2, 0.25) is 0 Å². The summed E-state index contributed by atoms with van der Waals surface area (Å²) in [7, 11) is 3.96. The van der Waals surface area contributed by atoms with Gasteiger partial charge < -0.3 is 30.0 Å². The Morgan fingerprint density at radius 3 is 2.06 bits per heavy atom. The standard InChI is InChI=1S/C21H21F3N2O6/c1-30-13-9-12(10-14(31-2)18(13)32-3)16-15(17(27)11-7-5-4-6-8-11)20(29,21(22,23)24)26-19(28)25-16/h4-10,15-16,29H,1-3H3,(H2,25,26,28)/t15-,16+,20-/m1/s1. The van der Waals surface area contributed by atoms with E-state index < -0.39 is 35.7 Å². The lowest BCUT2D eigenvalue weighted by Gasteiger charge is -2.45. The highest BCUT2D eigenvalue weighted by atomic mass is 19.4. The average molecular weight is 454 g/mol. The van der Waals surface area contributed by atoms with Gasteiger partial charge in [-0.1, -0.05) is 30.3 Å². The van der Waals surface area contributed by atoms with Gasteiger partial charge in [0.15, 0.2) is 17.3 Å². The summed E-state index contributed by atoms with van der Waals surface area (Å²) >= 11 is 0. The van der Waals surface area contributed by atoms with E-state index in [1.54, 1.807) is 6.07 Å². The summed E-state index contributed by atoms with van der Waals surface area (Å²) in [4.78, 5) is 25.4. The van der Waals surface area contributed by atoms with Crippen LogP contribution < -0.4 is 24.8 Å². The van der Waals surface area contributed by atoms with Crippen molar-refractivity contribution in [2.45, 2.75) is 17.9 Å². The maximum absolute atomic E-state index is 14.0. The minimum atomic E-state index is -5.36. The molecule has 1 aliphatic heterocycles.